The molecule has 9 rings (SSSR count). The van der Waals surface area contributed by atoms with Gasteiger partial charge in [0.15, 0.2) is 30.8 Å². The van der Waals surface area contributed by atoms with Crippen LogP contribution in [0.15, 0.2) is 58.4 Å². The summed E-state index contributed by atoms with van der Waals surface area (Å²) in [6.45, 7) is 19.8. The summed E-state index contributed by atoms with van der Waals surface area (Å²) in [4.78, 5) is 67.6. The second-order valence-corrected chi connectivity index (χ2v) is 25.8. The van der Waals surface area contributed by atoms with Crippen LogP contribution in [-0.4, -0.2) is 179 Å². The third kappa shape index (κ3) is 11.7. The highest BCUT2D eigenvalue weighted by molar-refractivity contribution is 6.26. The number of carbonyl (C=O) groups excluding carboxylic acids is 4. The van der Waals surface area contributed by atoms with Crippen molar-refractivity contribution in [3.63, 3.8) is 0 Å². The minimum Gasteiger partial charge on any atom is -0.511 e. The van der Waals surface area contributed by atoms with E-state index in [1.807, 2.05) is 26.0 Å². The summed E-state index contributed by atoms with van der Waals surface area (Å²) >= 11 is 0. The van der Waals surface area contributed by atoms with Crippen molar-refractivity contribution in [2.24, 2.45) is 46.8 Å². The maximum absolute atomic E-state index is 15.5. The van der Waals surface area contributed by atoms with Crippen LogP contribution in [0.25, 0.3) is 0 Å². The molecule has 0 radical (unpaired) electrons. The van der Waals surface area contributed by atoms with E-state index in [-0.39, 0.29) is 50.4 Å². The lowest BCUT2D eigenvalue weighted by molar-refractivity contribution is -0.584. The number of nitro groups is 1. The molecule has 9 aliphatic rings. The number of nitrogens with one attached hydrogen (secondary N) is 1. The van der Waals surface area contributed by atoms with Gasteiger partial charge >= 0.3 is 12.1 Å². The van der Waals surface area contributed by atoms with Crippen molar-refractivity contribution >= 4 is 24.1 Å². The molecular weight excluding hydrogens is 1100 g/mol. The monoisotopic (exact) mass is 1180 g/mol. The van der Waals surface area contributed by atoms with Crippen LogP contribution in [0.1, 0.15) is 121 Å². The van der Waals surface area contributed by atoms with Gasteiger partial charge in [0, 0.05) is 67.8 Å². The zero-order valence-electron chi connectivity index (χ0n) is 50.4. The van der Waals surface area contributed by atoms with Gasteiger partial charge in [-0.15, -0.1) is 0 Å². The van der Waals surface area contributed by atoms with Crippen LogP contribution in [0.3, 0.4) is 0 Å². The van der Waals surface area contributed by atoms with Crippen LogP contribution in [0.5, 0.6) is 0 Å². The molecule has 27 atom stereocenters. The number of Topliss-reactive ketones (excluding diaryl/α,β-unsaturated/α-hetero) is 1. The Kier molecular flexibility index (Phi) is 19.0. The Hall–Kier alpha value is -4.50. The largest absolute Gasteiger partial charge is 0.511 e. The number of amides is 1. The van der Waals surface area contributed by atoms with Crippen molar-refractivity contribution in [2.45, 2.75) is 237 Å². The van der Waals surface area contributed by atoms with Crippen molar-refractivity contribution in [2.75, 3.05) is 14.2 Å². The Morgan fingerprint density at radius 1 is 0.762 bits per heavy atom. The molecule has 1 amide bonds. The molecule has 6 fully saturated rings. The van der Waals surface area contributed by atoms with E-state index < -0.39 is 185 Å². The number of ether oxygens (including phenoxy) is 11. The molecule has 23 nitrogen and oxygen atoms in total. The third-order valence-corrected chi connectivity index (χ3v) is 20.2. The summed E-state index contributed by atoms with van der Waals surface area (Å²) in [6.07, 6.45) is -3.30. The fraction of sp³-hybridized carbons (Fsp3) is 0.770. The number of aliphatic hydroxyl groups is 4. The van der Waals surface area contributed by atoms with Gasteiger partial charge in [0.25, 0.3) is 0 Å². The van der Waals surface area contributed by atoms with Crippen LogP contribution in [0.4, 0.5) is 4.79 Å². The molecule has 0 aromatic heterocycles. The lowest BCUT2D eigenvalue weighted by atomic mass is 9.49. The number of fused-ring (bicyclic) bond motifs is 4. The Morgan fingerprint density at radius 2 is 1.38 bits per heavy atom. The number of allylic oxidation sites excluding steroid dienone is 4. The zero-order chi connectivity index (χ0) is 61.2. The minimum absolute atomic E-state index is 0.00996. The number of carbonyl (C=O) groups is 4. The van der Waals surface area contributed by atoms with Crippen LogP contribution < -0.4 is 5.32 Å². The summed E-state index contributed by atoms with van der Waals surface area (Å²) in [7, 11) is 2.66. The molecule has 0 aromatic rings. The molecule has 5 heterocycles. The zero-order valence-corrected chi connectivity index (χ0v) is 50.4. The minimum atomic E-state index is -1.87. The van der Waals surface area contributed by atoms with Gasteiger partial charge in [-0.3, -0.25) is 19.7 Å². The maximum Gasteiger partial charge on any atom is 0.407 e. The molecule has 468 valence electrons. The number of rotatable bonds is 12. The maximum atomic E-state index is 15.5. The third-order valence-electron chi connectivity index (χ3n) is 20.2. The Bertz CT molecular complexity index is 2630. The SMILES string of the molecule is COC(=O)N[C@H]1[C@@H](C)O[C@@H](O[C@H]2C/C=C(\C)[C@@H]3C=C[C@@H]4[C@@H](O[C@H]5C[C@@H](O[C@H]6C[C@@H](O)[C@@H](O[C@@H]7C[C@@H](O)[C@@H](OC)[C@H](C)O7)[C@H](C)O6)[C@@H](O)[C@H](C)O5)[C@@H](C)C[C@H](C)[C@H]4[C@]3(C)C(O)=C3C(=O)O[C@]4(C[C@@H](C)C(C=O)=C[C@H]4C=C2C)C3=O)C[C@]1(C)[N+](=O)[O-]. The fourth-order valence-corrected chi connectivity index (χ4v) is 15.7. The first-order chi connectivity index (χ1) is 39.6. The van der Waals surface area contributed by atoms with Crippen LogP contribution >= 0.6 is 0 Å². The molecule has 5 N–H and O–H groups in total. The summed E-state index contributed by atoms with van der Waals surface area (Å²) in [5.74, 6) is -5.42. The van der Waals surface area contributed by atoms with Crippen LogP contribution in [0, 0.1) is 57.0 Å². The normalized spacial score (nSPS) is 47.8. The van der Waals surface area contributed by atoms with Crippen molar-refractivity contribution < 1.29 is 96.6 Å². The van der Waals surface area contributed by atoms with Crippen molar-refractivity contribution in [3.8, 4) is 0 Å². The number of alkyl carbamates (subject to hydrolysis) is 1. The van der Waals surface area contributed by atoms with Gasteiger partial charge in [0.1, 0.15) is 42.0 Å². The molecule has 5 saturated heterocycles. The predicted octanol–water partition coefficient (Wildman–Crippen LogP) is 5.78. The van der Waals surface area contributed by atoms with Crippen LogP contribution in [0.2, 0.25) is 0 Å². The Labute approximate surface area is 490 Å². The van der Waals surface area contributed by atoms with E-state index in [1.54, 1.807) is 53.7 Å². The molecule has 23 heteroatoms. The highest BCUT2D eigenvalue weighted by Gasteiger charge is 2.64. The van der Waals surface area contributed by atoms with E-state index in [4.69, 9.17) is 52.1 Å². The Morgan fingerprint density at radius 3 is 2.01 bits per heavy atom. The average molecular weight is 1190 g/mol. The number of aliphatic hydroxyl groups excluding tert-OH is 4. The molecule has 0 unspecified atom stereocenters. The van der Waals surface area contributed by atoms with Gasteiger partial charge in [-0.25, -0.2) is 9.59 Å². The average Bonchev–Trinajstić information content (AvgIpc) is 2.80. The molecular formula is C61H88N2O21. The summed E-state index contributed by atoms with van der Waals surface area (Å²) < 4.78 is 67.8. The first-order valence-electron chi connectivity index (χ1n) is 29.8. The van der Waals surface area contributed by atoms with Crippen LogP contribution in [-0.2, 0) is 66.5 Å². The van der Waals surface area contributed by atoms with Gasteiger partial charge in [-0.05, 0) is 89.2 Å². The van der Waals surface area contributed by atoms with E-state index >= 15 is 4.79 Å². The standard InChI is InChI=1S/C61H88N2O21/c1-27-14-17-42(80-47-25-59(10,63(72)73)54(35(9)79-47)62-58(71)75-13)28(2)19-37-20-36(26-64)31(5)24-61(37)56(69)48(57(70)84-61)55(68)60(11)39(27)16-15-38-49(60)29(3)18-30(4)51(38)82-46-23-43(50(67)32(6)76-46)81-44-22-41(66)53(34(8)78-44)83-45-21-40(65)52(74-12)33(7)77-45/h14-16,19-20,26,29-35,37-47,49-54,65-68H,17-18,21-25H2,1-13H3,(H,62,71)/b27-14+,28-19?,55-48?/t29-,30-,31+,32-,33-,34-,35+,37+,38-,39-,40+,41+,42-,43+,44-,45+,46-,47-,49+,50-,51-,52-,53-,54-,59-,60+,61-/m0/s1. The Balaban J connectivity index is 1.01. The number of methoxy groups -OCH3 is 2. The van der Waals surface area contributed by atoms with Crippen molar-refractivity contribution in [3.05, 3.63) is 68.5 Å². The molecule has 1 saturated carbocycles. The summed E-state index contributed by atoms with van der Waals surface area (Å²) in [5, 5.41) is 62.2. The number of hydrogen-bond acceptors (Lipinski definition) is 21. The van der Waals surface area contributed by atoms with Gasteiger partial charge in [-0.2, -0.15) is 0 Å². The number of nitrogens with zero attached hydrogens (tertiary/aromatic N) is 1. The fourth-order valence-electron chi connectivity index (χ4n) is 15.7. The molecule has 4 aliphatic carbocycles. The second kappa shape index (κ2) is 24.9. The molecule has 5 aliphatic heterocycles. The lowest BCUT2D eigenvalue weighted by Crippen LogP contribution is -2.65. The lowest BCUT2D eigenvalue weighted by Gasteiger charge is -2.56. The van der Waals surface area contributed by atoms with E-state index in [0.29, 0.717) is 23.9 Å². The number of esters is 1. The van der Waals surface area contributed by atoms with E-state index in [2.05, 4.69) is 25.2 Å². The van der Waals surface area contributed by atoms with Gasteiger partial charge in [-0.1, -0.05) is 63.6 Å². The number of aldehydes is 1. The number of ketones is 1. The second-order valence-electron chi connectivity index (χ2n) is 25.8. The van der Waals surface area contributed by atoms with E-state index in [1.165, 1.54) is 14.0 Å². The van der Waals surface area contributed by atoms with Gasteiger partial charge in [0.2, 0.25) is 11.3 Å². The first kappa shape index (κ1) is 64.0. The molecule has 84 heavy (non-hydrogen) atoms. The topological polar surface area (TPSA) is 306 Å². The molecule has 1 spiro atoms. The van der Waals surface area contributed by atoms with E-state index in [9.17, 15) is 44.9 Å². The van der Waals surface area contributed by atoms with Gasteiger partial charge < -0.3 is 77.8 Å². The molecule has 2 bridgehead atoms. The highest BCUT2D eigenvalue weighted by atomic mass is 16.7. The predicted molar refractivity (Wildman–Crippen MR) is 297 cm³/mol. The van der Waals surface area contributed by atoms with E-state index in [0.717, 1.165) is 12.7 Å². The first-order valence-corrected chi connectivity index (χ1v) is 29.8. The smallest absolute Gasteiger partial charge is 0.407 e. The number of hydrogen-bond donors (Lipinski definition) is 5. The van der Waals surface area contributed by atoms with Crippen molar-refractivity contribution in [1.29, 1.82) is 0 Å². The summed E-state index contributed by atoms with van der Waals surface area (Å²) in [5.41, 5.74) is -3.76. The highest BCUT2D eigenvalue weighted by Crippen LogP contribution is 2.61. The molecule has 0 aromatic carbocycles. The summed E-state index contributed by atoms with van der Waals surface area (Å²) in [6, 6.07) is -1.09. The quantitative estimate of drug-likeness (QED) is 0.0386. The van der Waals surface area contributed by atoms with Gasteiger partial charge in [0.05, 0.1) is 68.5 Å². The van der Waals surface area contributed by atoms with Crippen molar-refractivity contribution in [1.82, 2.24) is 5.32 Å².